The summed E-state index contributed by atoms with van der Waals surface area (Å²) in [5.41, 5.74) is -1.08. The molecule has 4 atom stereocenters. The maximum atomic E-state index is 12.5. The summed E-state index contributed by atoms with van der Waals surface area (Å²) >= 11 is 0. The number of terminal acetylenes is 1. The highest BCUT2D eigenvalue weighted by Gasteiger charge is 2.44. The van der Waals surface area contributed by atoms with Crippen LogP contribution in [0.2, 0.25) is 0 Å². The molecule has 1 aliphatic heterocycles. The molecule has 4 unspecified atom stereocenters. The monoisotopic (exact) mass is 448 g/mol. The van der Waals surface area contributed by atoms with Crippen molar-refractivity contribution in [2.24, 2.45) is 5.92 Å². The van der Waals surface area contributed by atoms with E-state index >= 15 is 0 Å². The van der Waals surface area contributed by atoms with E-state index in [4.69, 9.17) is 25.4 Å². The second-order valence-electron chi connectivity index (χ2n) is 7.00. The molecule has 1 aliphatic rings. The van der Waals surface area contributed by atoms with Crippen molar-refractivity contribution in [3.05, 3.63) is 35.9 Å². The topological polar surface area (TPSA) is 97.4 Å². The van der Waals surface area contributed by atoms with E-state index in [1.807, 2.05) is 13.0 Å². The normalized spacial score (nSPS) is 21.3. The van der Waals surface area contributed by atoms with Crippen LogP contribution in [-0.4, -0.2) is 63.2 Å². The average Bonchev–Trinajstić information content (AvgIpc) is 3.18. The first-order valence-electron chi connectivity index (χ1n) is 10.4. The van der Waals surface area contributed by atoms with Gasteiger partial charge in [0.1, 0.15) is 0 Å². The van der Waals surface area contributed by atoms with E-state index in [0.29, 0.717) is 12.7 Å². The number of methoxy groups -OCH3 is 1. The molecule has 8 heteroatoms. The zero-order valence-electron chi connectivity index (χ0n) is 19.1. The van der Waals surface area contributed by atoms with Crippen LogP contribution in [-0.2, 0) is 44.5 Å². The minimum atomic E-state index is -1.82. The summed E-state index contributed by atoms with van der Waals surface area (Å²) in [6.07, 6.45) is 4.90. The van der Waals surface area contributed by atoms with Crippen LogP contribution in [0.25, 0.3) is 0 Å². The maximum absolute atomic E-state index is 12.5. The van der Waals surface area contributed by atoms with Crippen molar-refractivity contribution in [1.29, 1.82) is 0 Å². The van der Waals surface area contributed by atoms with Crippen LogP contribution >= 0.6 is 0 Å². The van der Waals surface area contributed by atoms with Gasteiger partial charge in [-0.2, -0.15) is 0 Å². The summed E-state index contributed by atoms with van der Waals surface area (Å²) < 4.78 is 26.0. The number of rotatable bonds is 10. The van der Waals surface area contributed by atoms with Crippen LogP contribution in [0, 0.1) is 18.3 Å². The number of carbonyl (C=O) groups excluding carboxylic acids is 3. The average molecular weight is 449 g/mol. The van der Waals surface area contributed by atoms with Gasteiger partial charge in [-0.25, -0.2) is 4.79 Å². The van der Waals surface area contributed by atoms with E-state index in [1.165, 1.54) is 6.92 Å². The first-order chi connectivity index (χ1) is 15.3. The molecule has 1 fully saturated rings. The molecule has 0 aromatic heterocycles. The zero-order valence-corrected chi connectivity index (χ0v) is 19.1. The number of benzene rings is 1. The molecule has 1 heterocycles. The van der Waals surface area contributed by atoms with Gasteiger partial charge in [-0.15, -0.1) is 12.3 Å². The highest BCUT2D eigenvalue weighted by Crippen LogP contribution is 2.29. The Hall–Kier alpha value is -2.73. The predicted octanol–water partition coefficient (Wildman–Crippen LogP) is 2.33. The van der Waals surface area contributed by atoms with E-state index < -0.39 is 29.9 Å². The lowest BCUT2D eigenvalue weighted by Gasteiger charge is -2.28. The Labute approximate surface area is 189 Å². The Kier molecular flexibility index (Phi) is 12.2. The van der Waals surface area contributed by atoms with Crippen LogP contribution in [0.5, 0.6) is 0 Å². The second-order valence-corrected chi connectivity index (χ2v) is 7.00. The van der Waals surface area contributed by atoms with Crippen molar-refractivity contribution in [2.45, 2.75) is 51.6 Å². The van der Waals surface area contributed by atoms with E-state index in [1.54, 1.807) is 38.3 Å². The third-order valence-corrected chi connectivity index (χ3v) is 4.65. The minimum absolute atomic E-state index is 0.0109. The van der Waals surface area contributed by atoms with Gasteiger partial charge < -0.3 is 23.7 Å². The maximum Gasteiger partial charge on any atom is 0.346 e. The van der Waals surface area contributed by atoms with Gasteiger partial charge >= 0.3 is 11.9 Å². The molecule has 32 heavy (non-hydrogen) atoms. The molecule has 1 aromatic carbocycles. The van der Waals surface area contributed by atoms with Crippen LogP contribution in [0.3, 0.4) is 0 Å². The van der Waals surface area contributed by atoms with Gasteiger partial charge in [-0.1, -0.05) is 30.3 Å². The lowest BCUT2D eigenvalue weighted by atomic mass is 9.95. The third-order valence-electron chi connectivity index (χ3n) is 4.65. The molecule has 0 spiro atoms. The third kappa shape index (κ3) is 8.42. The molecule has 0 aliphatic carbocycles. The van der Waals surface area contributed by atoms with E-state index in [-0.39, 0.29) is 25.6 Å². The van der Waals surface area contributed by atoms with E-state index in [0.717, 1.165) is 12.2 Å². The predicted molar refractivity (Wildman–Crippen MR) is 116 cm³/mol. The number of carbonyl (C=O) groups is 3. The Balaban J connectivity index is 0.00000118. The highest BCUT2D eigenvalue weighted by molar-refractivity contribution is 5.97. The van der Waals surface area contributed by atoms with Crippen LogP contribution in [0.1, 0.15) is 32.8 Å². The van der Waals surface area contributed by atoms with E-state index in [9.17, 15) is 14.4 Å². The number of hydrogen-bond acceptors (Lipinski definition) is 8. The zero-order chi connectivity index (χ0) is 24.0. The summed E-state index contributed by atoms with van der Waals surface area (Å²) in [5, 5.41) is 0. The minimum Gasteiger partial charge on any atom is -0.464 e. The van der Waals surface area contributed by atoms with Crippen LogP contribution in [0.15, 0.2) is 30.3 Å². The van der Waals surface area contributed by atoms with E-state index in [2.05, 4.69) is 10.7 Å². The van der Waals surface area contributed by atoms with Crippen molar-refractivity contribution in [3.8, 4) is 12.3 Å². The Morgan fingerprint density at radius 2 is 1.91 bits per heavy atom. The molecule has 8 nitrogen and oxygen atoms in total. The van der Waals surface area contributed by atoms with Crippen molar-refractivity contribution in [3.63, 3.8) is 0 Å². The fourth-order valence-electron chi connectivity index (χ4n) is 2.99. The van der Waals surface area contributed by atoms with Crippen molar-refractivity contribution in [2.75, 3.05) is 26.9 Å². The number of aldehydes is 1. The van der Waals surface area contributed by atoms with Crippen LogP contribution in [0.4, 0.5) is 0 Å². The van der Waals surface area contributed by atoms with Gasteiger partial charge in [-0.3, -0.25) is 9.59 Å². The van der Waals surface area contributed by atoms with Gasteiger partial charge in [-0.05, 0) is 19.4 Å². The lowest BCUT2D eigenvalue weighted by Crippen LogP contribution is -2.48. The van der Waals surface area contributed by atoms with Crippen LogP contribution < -0.4 is 0 Å². The van der Waals surface area contributed by atoms with Gasteiger partial charge in [0.15, 0.2) is 6.29 Å². The molecule has 0 saturated carbocycles. The van der Waals surface area contributed by atoms with Gasteiger partial charge in [0.2, 0.25) is 11.9 Å². The molecule has 0 bridgehead atoms. The molecule has 176 valence electrons. The van der Waals surface area contributed by atoms with Crippen molar-refractivity contribution in [1.82, 2.24) is 0 Å². The number of ether oxygens (including phenoxy) is 5. The van der Waals surface area contributed by atoms with Crippen molar-refractivity contribution >= 4 is 18.2 Å². The SMILES string of the molecule is C#CC1CC(OC(C)=O)OC1COC(C=O)(Cc1ccccc1)C(=O)OCC.CCOC. The van der Waals surface area contributed by atoms with Gasteiger partial charge in [0.05, 0.1) is 25.2 Å². The van der Waals surface area contributed by atoms with Gasteiger partial charge in [0.25, 0.3) is 0 Å². The summed E-state index contributed by atoms with van der Waals surface area (Å²) in [6, 6.07) is 9.00. The summed E-state index contributed by atoms with van der Waals surface area (Å²) in [5.74, 6) is 0.930. The fraction of sp³-hybridized carbons (Fsp3) is 0.542. The Bertz CT molecular complexity index is 755. The van der Waals surface area contributed by atoms with Gasteiger partial charge in [0, 0.05) is 33.5 Å². The molecular weight excluding hydrogens is 416 g/mol. The quantitative estimate of drug-likeness (QED) is 0.233. The summed E-state index contributed by atoms with van der Waals surface area (Å²) in [4.78, 5) is 35.6. The smallest absolute Gasteiger partial charge is 0.346 e. The first-order valence-corrected chi connectivity index (χ1v) is 10.4. The number of esters is 2. The Morgan fingerprint density at radius 3 is 2.41 bits per heavy atom. The molecule has 0 N–H and O–H groups in total. The molecular formula is C24H32O8. The van der Waals surface area contributed by atoms with Crippen molar-refractivity contribution < 1.29 is 38.1 Å². The molecule has 0 amide bonds. The largest absolute Gasteiger partial charge is 0.464 e. The molecule has 0 radical (unpaired) electrons. The molecule has 1 aromatic rings. The fourth-order valence-corrected chi connectivity index (χ4v) is 2.99. The second kappa shape index (κ2) is 14.4. The summed E-state index contributed by atoms with van der Waals surface area (Å²) in [6.45, 7) is 5.68. The summed E-state index contributed by atoms with van der Waals surface area (Å²) in [7, 11) is 1.68. The standard InChI is InChI=1S/C21H24O7.C3H8O/c1-4-17-11-19(27-15(3)23)28-18(17)13-26-21(14-22,20(24)25-5-2)12-16-9-7-6-8-10-16;1-3-4-2/h1,6-10,14,17-19H,5,11-13H2,2-3H3;3H2,1-2H3. The lowest BCUT2D eigenvalue weighted by molar-refractivity contribution is -0.187. The highest BCUT2D eigenvalue weighted by atomic mass is 16.7. The molecule has 2 rings (SSSR count). The number of hydrogen-bond donors (Lipinski definition) is 0. The molecule has 1 saturated heterocycles. The Morgan fingerprint density at radius 1 is 1.25 bits per heavy atom. The first kappa shape index (κ1) is 27.3.